The maximum Gasteiger partial charge on any atom is 0.258 e. The summed E-state index contributed by atoms with van der Waals surface area (Å²) < 4.78 is 13.5. The predicted octanol–water partition coefficient (Wildman–Crippen LogP) is 2.35. The number of hydrogen-bond donors (Lipinski definition) is 2. The Bertz CT molecular complexity index is 953. The molecule has 3 aromatic rings. The number of rotatable bonds is 6. The molecule has 0 fully saturated rings. The standard InChI is InChI=1S/C19H18FN3O2/c20-15-7-3-1-5-13(15)9-10-18(24)21-12-11-17-22-16-8-4-2-6-14(16)19(25)23-17/h1-8H,9-12H2,(H,21,24)(H,22,23,25). The average molecular weight is 339 g/mol. The molecule has 1 heterocycles. The number of aryl methyl sites for hydroxylation is 1. The Morgan fingerprint density at radius 3 is 2.68 bits per heavy atom. The first kappa shape index (κ1) is 16.8. The molecule has 0 saturated heterocycles. The number of hydrogen-bond acceptors (Lipinski definition) is 3. The van der Waals surface area contributed by atoms with Crippen molar-refractivity contribution in [2.75, 3.05) is 6.54 Å². The van der Waals surface area contributed by atoms with Gasteiger partial charge in [-0.25, -0.2) is 9.37 Å². The first-order chi connectivity index (χ1) is 12.1. The number of carbonyl (C=O) groups excluding carboxylic acids is 1. The molecule has 0 aliphatic heterocycles. The van der Waals surface area contributed by atoms with Gasteiger partial charge in [-0.05, 0) is 30.2 Å². The number of fused-ring (bicyclic) bond motifs is 1. The number of nitrogens with zero attached hydrogens (tertiary/aromatic N) is 1. The van der Waals surface area contributed by atoms with Crippen LogP contribution in [0.5, 0.6) is 0 Å². The lowest BCUT2D eigenvalue weighted by atomic mass is 10.1. The van der Waals surface area contributed by atoms with Crippen molar-refractivity contribution >= 4 is 16.8 Å². The Morgan fingerprint density at radius 1 is 1.08 bits per heavy atom. The van der Waals surface area contributed by atoms with Gasteiger partial charge >= 0.3 is 0 Å². The SMILES string of the molecule is O=C(CCc1ccccc1F)NCCc1nc2ccccc2c(=O)[nH]1. The third-order valence-corrected chi connectivity index (χ3v) is 3.93. The van der Waals surface area contributed by atoms with E-state index in [0.717, 1.165) is 0 Å². The maximum atomic E-state index is 13.5. The summed E-state index contributed by atoms with van der Waals surface area (Å²) in [7, 11) is 0. The van der Waals surface area contributed by atoms with Crippen LogP contribution >= 0.6 is 0 Å². The molecule has 1 aromatic heterocycles. The Hall–Kier alpha value is -3.02. The molecule has 3 rings (SSSR count). The zero-order valence-electron chi connectivity index (χ0n) is 13.6. The summed E-state index contributed by atoms with van der Waals surface area (Å²) in [6.45, 7) is 0.359. The summed E-state index contributed by atoms with van der Waals surface area (Å²) >= 11 is 0. The van der Waals surface area contributed by atoms with Crippen LogP contribution in [-0.2, 0) is 17.6 Å². The molecule has 5 nitrogen and oxygen atoms in total. The number of aromatic nitrogens is 2. The van der Waals surface area contributed by atoms with E-state index < -0.39 is 0 Å². The summed E-state index contributed by atoms with van der Waals surface area (Å²) in [6.07, 6.45) is 0.984. The third kappa shape index (κ3) is 4.29. The van der Waals surface area contributed by atoms with Crippen molar-refractivity contribution in [1.29, 1.82) is 0 Å². The molecule has 0 saturated carbocycles. The van der Waals surface area contributed by atoms with Gasteiger partial charge in [0, 0.05) is 19.4 Å². The lowest BCUT2D eigenvalue weighted by molar-refractivity contribution is -0.121. The second kappa shape index (κ2) is 7.70. The highest BCUT2D eigenvalue weighted by molar-refractivity contribution is 5.77. The van der Waals surface area contributed by atoms with Crippen molar-refractivity contribution in [3.05, 3.63) is 76.1 Å². The fourth-order valence-electron chi connectivity index (χ4n) is 2.61. The molecular weight excluding hydrogens is 321 g/mol. The van der Waals surface area contributed by atoms with Gasteiger partial charge < -0.3 is 10.3 Å². The summed E-state index contributed by atoms with van der Waals surface area (Å²) in [6, 6.07) is 13.5. The van der Waals surface area contributed by atoms with E-state index in [4.69, 9.17) is 0 Å². The number of carbonyl (C=O) groups is 1. The molecule has 2 N–H and O–H groups in total. The van der Waals surface area contributed by atoms with E-state index >= 15 is 0 Å². The van der Waals surface area contributed by atoms with Crippen molar-refractivity contribution in [2.45, 2.75) is 19.3 Å². The van der Waals surface area contributed by atoms with Crippen LogP contribution in [0.25, 0.3) is 10.9 Å². The van der Waals surface area contributed by atoms with Gasteiger partial charge in [0.2, 0.25) is 5.91 Å². The van der Waals surface area contributed by atoms with E-state index in [2.05, 4.69) is 15.3 Å². The maximum absolute atomic E-state index is 13.5. The van der Waals surface area contributed by atoms with Gasteiger partial charge in [0.1, 0.15) is 11.6 Å². The average Bonchev–Trinajstić information content (AvgIpc) is 2.61. The van der Waals surface area contributed by atoms with Gasteiger partial charge in [-0.2, -0.15) is 0 Å². The normalized spacial score (nSPS) is 10.8. The summed E-state index contributed by atoms with van der Waals surface area (Å²) in [4.78, 5) is 30.9. The summed E-state index contributed by atoms with van der Waals surface area (Å²) in [5.41, 5.74) is 0.969. The monoisotopic (exact) mass is 339 g/mol. The fraction of sp³-hybridized carbons (Fsp3) is 0.211. The highest BCUT2D eigenvalue weighted by Crippen LogP contribution is 2.09. The molecule has 0 spiro atoms. The van der Waals surface area contributed by atoms with Crippen LogP contribution < -0.4 is 10.9 Å². The van der Waals surface area contributed by atoms with Gasteiger partial charge in [-0.15, -0.1) is 0 Å². The zero-order chi connectivity index (χ0) is 17.6. The van der Waals surface area contributed by atoms with Gasteiger partial charge in [0.05, 0.1) is 10.9 Å². The minimum Gasteiger partial charge on any atom is -0.356 e. The molecule has 25 heavy (non-hydrogen) atoms. The molecule has 1 amide bonds. The van der Waals surface area contributed by atoms with Crippen LogP contribution in [0.3, 0.4) is 0 Å². The summed E-state index contributed by atoms with van der Waals surface area (Å²) in [5.74, 6) is 0.0673. The molecule has 2 aromatic carbocycles. The Kier molecular flexibility index (Phi) is 5.18. The zero-order valence-corrected chi connectivity index (χ0v) is 13.6. The topological polar surface area (TPSA) is 74.8 Å². The molecule has 0 radical (unpaired) electrons. The fourth-order valence-corrected chi connectivity index (χ4v) is 2.61. The number of para-hydroxylation sites is 1. The van der Waals surface area contributed by atoms with Crippen LogP contribution in [0.15, 0.2) is 53.3 Å². The number of halogens is 1. The quantitative estimate of drug-likeness (QED) is 0.724. The third-order valence-electron chi connectivity index (χ3n) is 3.93. The summed E-state index contributed by atoms with van der Waals surface area (Å²) in [5, 5.41) is 3.31. The van der Waals surface area contributed by atoms with Gasteiger partial charge in [0.15, 0.2) is 0 Å². The highest BCUT2D eigenvalue weighted by Gasteiger charge is 2.07. The predicted molar refractivity (Wildman–Crippen MR) is 93.8 cm³/mol. The van der Waals surface area contributed by atoms with E-state index in [9.17, 15) is 14.0 Å². The molecule has 0 bridgehead atoms. The lowest BCUT2D eigenvalue weighted by Crippen LogP contribution is -2.27. The number of benzene rings is 2. The van der Waals surface area contributed by atoms with E-state index in [-0.39, 0.29) is 23.7 Å². The number of amides is 1. The van der Waals surface area contributed by atoms with Gasteiger partial charge in [-0.3, -0.25) is 9.59 Å². The Morgan fingerprint density at radius 2 is 1.84 bits per heavy atom. The molecule has 0 aliphatic carbocycles. The molecule has 0 atom stereocenters. The van der Waals surface area contributed by atoms with E-state index in [1.54, 1.807) is 36.4 Å². The van der Waals surface area contributed by atoms with E-state index in [1.807, 2.05) is 6.07 Å². The largest absolute Gasteiger partial charge is 0.356 e. The van der Waals surface area contributed by atoms with E-state index in [0.29, 0.717) is 41.7 Å². The Balaban J connectivity index is 1.52. The van der Waals surface area contributed by atoms with Crippen LogP contribution in [0.2, 0.25) is 0 Å². The first-order valence-electron chi connectivity index (χ1n) is 8.11. The smallest absolute Gasteiger partial charge is 0.258 e. The Labute approximate surface area is 143 Å². The highest BCUT2D eigenvalue weighted by atomic mass is 19.1. The van der Waals surface area contributed by atoms with E-state index in [1.165, 1.54) is 6.07 Å². The molecule has 6 heteroatoms. The minimum absolute atomic E-state index is 0.161. The van der Waals surface area contributed by atoms with Crippen LogP contribution in [0.1, 0.15) is 17.8 Å². The number of H-pyrrole nitrogens is 1. The van der Waals surface area contributed by atoms with Crippen molar-refractivity contribution in [2.24, 2.45) is 0 Å². The van der Waals surface area contributed by atoms with Crippen molar-refractivity contribution < 1.29 is 9.18 Å². The first-order valence-corrected chi connectivity index (χ1v) is 8.11. The van der Waals surface area contributed by atoms with Crippen LogP contribution in [0.4, 0.5) is 4.39 Å². The number of aromatic amines is 1. The van der Waals surface area contributed by atoms with Crippen molar-refractivity contribution in [3.8, 4) is 0 Å². The van der Waals surface area contributed by atoms with Gasteiger partial charge in [-0.1, -0.05) is 30.3 Å². The second-order valence-electron chi connectivity index (χ2n) is 5.72. The minimum atomic E-state index is -0.298. The second-order valence-corrected chi connectivity index (χ2v) is 5.72. The lowest BCUT2D eigenvalue weighted by Gasteiger charge is -2.06. The molecule has 0 aliphatic rings. The van der Waals surface area contributed by atoms with Gasteiger partial charge in [0.25, 0.3) is 5.56 Å². The molecular formula is C19H18FN3O2. The van der Waals surface area contributed by atoms with Crippen LogP contribution in [0, 0.1) is 5.82 Å². The van der Waals surface area contributed by atoms with Crippen molar-refractivity contribution in [1.82, 2.24) is 15.3 Å². The molecule has 128 valence electrons. The van der Waals surface area contributed by atoms with Crippen molar-refractivity contribution in [3.63, 3.8) is 0 Å². The number of nitrogens with one attached hydrogen (secondary N) is 2. The van der Waals surface area contributed by atoms with Crippen LogP contribution in [-0.4, -0.2) is 22.4 Å². The molecule has 0 unspecified atom stereocenters.